The summed E-state index contributed by atoms with van der Waals surface area (Å²) >= 11 is 0. The highest BCUT2D eigenvalue weighted by Gasteiger charge is 2.26. The van der Waals surface area contributed by atoms with Crippen molar-refractivity contribution in [1.82, 2.24) is 14.7 Å². The number of carbonyl (C=O) groups excluding carboxylic acids is 1. The van der Waals surface area contributed by atoms with Gasteiger partial charge in [-0.15, -0.1) is 0 Å². The van der Waals surface area contributed by atoms with E-state index in [1.165, 1.54) is 30.6 Å². The van der Waals surface area contributed by atoms with Crippen LogP contribution in [-0.4, -0.2) is 46.8 Å². The summed E-state index contributed by atoms with van der Waals surface area (Å²) in [6.07, 6.45) is 8.83. The Hall–Kier alpha value is -2.14. The number of rotatable bonds is 4. The van der Waals surface area contributed by atoms with Crippen molar-refractivity contribution < 1.29 is 4.79 Å². The Bertz CT molecular complexity index is 780. The highest BCUT2D eigenvalue weighted by atomic mass is 16.2. The summed E-state index contributed by atoms with van der Waals surface area (Å²) in [5.41, 5.74) is 4.72. The number of carbonyl (C=O) groups is 1. The van der Waals surface area contributed by atoms with Crippen LogP contribution < -0.4 is 4.90 Å². The summed E-state index contributed by atoms with van der Waals surface area (Å²) in [6, 6.07) is 8.24. The molecule has 0 radical (unpaired) electrons. The third-order valence-electron chi connectivity index (χ3n) is 5.95. The van der Waals surface area contributed by atoms with Gasteiger partial charge in [0.1, 0.15) is 0 Å². The zero-order valence-corrected chi connectivity index (χ0v) is 15.2. The fourth-order valence-corrected chi connectivity index (χ4v) is 4.21. The number of aromatic nitrogens is 2. The average Bonchev–Trinajstić information content (AvgIpc) is 3.28. The third kappa shape index (κ3) is 3.16. The molecule has 2 aromatic rings. The lowest BCUT2D eigenvalue weighted by Crippen LogP contribution is -2.28. The molecule has 1 saturated carbocycles. The van der Waals surface area contributed by atoms with Gasteiger partial charge in [-0.3, -0.25) is 4.79 Å². The standard InChI is InChI=1S/C21H26N4O/c26-21-2-1-11-24(21)18-5-7-19(8-6-18)25-15-17-9-12-23(14-16-3-4-16)13-10-20(17)22-25/h5-8,15-16H,1-4,9-14H2. The summed E-state index contributed by atoms with van der Waals surface area (Å²) in [5, 5.41) is 4.86. The number of amides is 1. The largest absolute Gasteiger partial charge is 0.312 e. The molecule has 0 spiro atoms. The predicted octanol–water partition coefficient (Wildman–Crippen LogP) is 2.81. The third-order valence-corrected chi connectivity index (χ3v) is 5.95. The second kappa shape index (κ2) is 6.54. The molecule has 1 aliphatic carbocycles. The van der Waals surface area contributed by atoms with Crippen molar-refractivity contribution in [3.63, 3.8) is 0 Å². The molecule has 3 aliphatic rings. The van der Waals surface area contributed by atoms with Gasteiger partial charge < -0.3 is 9.80 Å². The predicted molar refractivity (Wildman–Crippen MR) is 102 cm³/mol. The fourth-order valence-electron chi connectivity index (χ4n) is 4.21. The summed E-state index contributed by atoms with van der Waals surface area (Å²) in [6.45, 7) is 4.41. The quantitative estimate of drug-likeness (QED) is 0.851. The molecule has 0 bridgehead atoms. The van der Waals surface area contributed by atoms with E-state index in [4.69, 9.17) is 5.10 Å². The normalized spacial score (nSPS) is 21.1. The van der Waals surface area contributed by atoms with Crippen molar-refractivity contribution in [2.24, 2.45) is 5.92 Å². The van der Waals surface area contributed by atoms with Gasteiger partial charge in [-0.05, 0) is 61.4 Å². The summed E-state index contributed by atoms with van der Waals surface area (Å²) < 4.78 is 2.01. The van der Waals surface area contributed by atoms with Crippen LogP contribution in [0.25, 0.3) is 5.69 Å². The highest BCUT2D eigenvalue weighted by Crippen LogP contribution is 2.30. The highest BCUT2D eigenvalue weighted by molar-refractivity contribution is 5.95. The molecule has 0 atom stereocenters. The van der Waals surface area contributed by atoms with Crippen molar-refractivity contribution >= 4 is 11.6 Å². The minimum Gasteiger partial charge on any atom is -0.312 e. The van der Waals surface area contributed by atoms with Gasteiger partial charge in [-0.2, -0.15) is 5.10 Å². The van der Waals surface area contributed by atoms with Gasteiger partial charge in [-0.1, -0.05) is 0 Å². The molecule has 1 aromatic heterocycles. The maximum Gasteiger partial charge on any atom is 0.227 e. The van der Waals surface area contributed by atoms with E-state index in [0.717, 1.165) is 56.2 Å². The van der Waals surface area contributed by atoms with Crippen LogP contribution in [0.2, 0.25) is 0 Å². The Balaban J connectivity index is 1.30. The smallest absolute Gasteiger partial charge is 0.227 e. The number of anilines is 1. The SMILES string of the molecule is O=C1CCCN1c1ccc(-n2cc3c(n2)CCN(CC2CC2)CC3)cc1. The molecule has 1 saturated heterocycles. The Labute approximate surface area is 154 Å². The van der Waals surface area contributed by atoms with Crippen molar-refractivity contribution in [3.8, 4) is 5.69 Å². The van der Waals surface area contributed by atoms with E-state index >= 15 is 0 Å². The van der Waals surface area contributed by atoms with E-state index in [-0.39, 0.29) is 5.91 Å². The molecular formula is C21H26N4O. The fraction of sp³-hybridized carbons (Fsp3) is 0.524. The molecule has 136 valence electrons. The Morgan fingerprint density at radius 2 is 1.73 bits per heavy atom. The molecule has 1 amide bonds. The van der Waals surface area contributed by atoms with Crippen molar-refractivity contribution in [3.05, 3.63) is 41.7 Å². The monoisotopic (exact) mass is 350 g/mol. The molecule has 1 aromatic carbocycles. The zero-order chi connectivity index (χ0) is 17.5. The van der Waals surface area contributed by atoms with Crippen LogP contribution >= 0.6 is 0 Å². The van der Waals surface area contributed by atoms with Crippen LogP contribution in [0.5, 0.6) is 0 Å². The first-order chi connectivity index (χ1) is 12.8. The molecular weight excluding hydrogens is 324 g/mol. The summed E-state index contributed by atoms with van der Waals surface area (Å²) in [4.78, 5) is 16.4. The Morgan fingerprint density at radius 3 is 2.46 bits per heavy atom. The van der Waals surface area contributed by atoms with E-state index in [2.05, 4.69) is 23.2 Å². The summed E-state index contributed by atoms with van der Waals surface area (Å²) in [7, 11) is 0. The topological polar surface area (TPSA) is 41.4 Å². The van der Waals surface area contributed by atoms with Gasteiger partial charge in [0, 0.05) is 50.9 Å². The second-order valence-corrected chi connectivity index (χ2v) is 7.95. The zero-order valence-electron chi connectivity index (χ0n) is 15.2. The van der Waals surface area contributed by atoms with Crippen LogP contribution in [0.15, 0.2) is 30.5 Å². The van der Waals surface area contributed by atoms with Crippen molar-refractivity contribution in [2.45, 2.75) is 38.5 Å². The average molecular weight is 350 g/mol. The van der Waals surface area contributed by atoms with E-state index in [1.807, 2.05) is 21.7 Å². The van der Waals surface area contributed by atoms with E-state index in [1.54, 1.807) is 0 Å². The molecule has 5 heteroatoms. The first kappa shape index (κ1) is 16.1. The molecule has 0 unspecified atom stereocenters. The Kier molecular flexibility index (Phi) is 4.04. The van der Waals surface area contributed by atoms with Gasteiger partial charge in [-0.25, -0.2) is 4.68 Å². The lowest BCUT2D eigenvalue weighted by atomic mass is 10.2. The minimum absolute atomic E-state index is 0.235. The molecule has 26 heavy (non-hydrogen) atoms. The van der Waals surface area contributed by atoms with Crippen LogP contribution in [-0.2, 0) is 17.6 Å². The van der Waals surface area contributed by atoms with Crippen molar-refractivity contribution in [1.29, 1.82) is 0 Å². The lowest BCUT2D eigenvalue weighted by Gasteiger charge is -2.19. The van der Waals surface area contributed by atoms with Gasteiger partial charge in [0.05, 0.1) is 11.4 Å². The van der Waals surface area contributed by atoms with Gasteiger partial charge in [0.15, 0.2) is 0 Å². The minimum atomic E-state index is 0.235. The number of hydrogen-bond donors (Lipinski definition) is 0. The first-order valence-electron chi connectivity index (χ1n) is 9.97. The molecule has 2 aliphatic heterocycles. The lowest BCUT2D eigenvalue weighted by molar-refractivity contribution is -0.117. The van der Waals surface area contributed by atoms with Crippen LogP contribution in [0.3, 0.4) is 0 Å². The molecule has 5 nitrogen and oxygen atoms in total. The van der Waals surface area contributed by atoms with E-state index < -0.39 is 0 Å². The van der Waals surface area contributed by atoms with E-state index in [0.29, 0.717) is 6.42 Å². The number of benzene rings is 1. The maximum atomic E-state index is 11.9. The number of nitrogens with zero attached hydrogens (tertiary/aromatic N) is 4. The molecule has 2 fully saturated rings. The second-order valence-electron chi connectivity index (χ2n) is 7.95. The molecule has 3 heterocycles. The van der Waals surface area contributed by atoms with Crippen LogP contribution in [0, 0.1) is 5.92 Å². The summed E-state index contributed by atoms with van der Waals surface area (Å²) in [5.74, 6) is 1.20. The van der Waals surface area contributed by atoms with Crippen molar-refractivity contribution in [2.75, 3.05) is 31.1 Å². The van der Waals surface area contributed by atoms with Gasteiger partial charge in [0.2, 0.25) is 5.91 Å². The maximum absolute atomic E-state index is 11.9. The van der Waals surface area contributed by atoms with Crippen LogP contribution in [0.1, 0.15) is 36.9 Å². The number of hydrogen-bond acceptors (Lipinski definition) is 3. The first-order valence-corrected chi connectivity index (χ1v) is 9.97. The van der Waals surface area contributed by atoms with Gasteiger partial charge >= 0.3 is 0 Å². The molecule has 5 rings (SSSR count). The van der Waals surface area contributed by atoms with Gasteiger partial charge in [0.25, 0.3) is 0 Å². The molecule has 0 N–H and O–H groups in total. The van der Waals surface area contributed by atoms with Crippen LogP contribution in [0.4, 0.5) is 5.69 Å². The number of fused-ring (bicyclic) bond motifs is 1. The Morgan fingerprint density at radius 1 is 0.962 bits per heavy atom. The van der Waals surface area contributed by atoms with E-state index in [9.17, 15) is 4.79 Å².